The van der Waals surface area contributed by atoms with Crippen molar-refractivity contribution in [2.75, 3.05) is 5.32 Å². The molecule has 1 unspecified atom stereocenters. The lowest BCUT2D eigenvalue weighted by Crippen LogP contribution is -2.15. The van der Waals surface area contributed by atoms with E-state index >= 15 is 0 Å². The zero-order valence-corrected chi connectivity index (χ0v) is 14.8. The number of rotatable bonds is 4. The summed E-state index contributed by atoms with van der Waals surface area (Å²) < 4.78 is 15.4. The Labute approximate surface area is 152 Å². The standard InChI is InChI=1S/C22H20FN3/c1-15-7-6-14-26-21(16(2)24-22(15)26)20(17-8-4-3-5-9-17)25-19-12-10-18(23)11-13-19/h3-14,20,25H,1-2H3. The Kier molecular flexibility index (Phi) is 4.17. The summed E-state index contributed by atoms with van der Waals surface area (Å²) in [4.78, 5) is 4.78. The molecule has 130 valence electrons. The van der Waals surface area contributed by atoms with E-state index in [1.54, 1.807) is 12.1 Å². The molecule has 2 aromatic heterocycles. The number of imidazole rings is 1. The van der Waals surface area contributed by atoms with Crippen molar-refractivity contribution >= 4 is 11.3 Å². The highest BCUT2D eigenvalue weighted by Gasteiger charge is 2.22. The summed E-state index contributed by atoms with van der Waals surface area (Å²) in [5.41, 5.74) is 6.14. The van der Waals surface area contributed by atoms with Crippen LogP contribution < -0.4 is 5.32 Å². The van der Waals surface area contributed by atoms with Crippen molar-refractivity contribution in [3.8, 4) is 0 Å². The van der Waals surface area contributed by atoms with Crippen LogP contribution in [-0.4, -0.2) is 9.38 Å². The first-order chi connectivity index (χ1) is 12.6. The van der Waals surface area contributed by atoms with Gasteiger partial charge in [0.15, 0.2) is 0 Å². The number of anilines is 1. The van der Waals surface area contributed by atoms with Crippen LogP contribution in [-0.2, 0) is 0 Å². The van der Waals surface area contributed by atoms with Crippen LogP contribution in [0.25, 0.3) is 5.65 Å². The van der Waals surface area contributed by atoms with E-state index in [1.807, 2.05) is 37.4 Å². The second-order valence-corrected chi connectivity index (χ2v) is 6.46. The van der Waals surface area contributed by atoms with Gasteiger partial charge in [0.25, 0.3) is 0 Å². The number of halogens is 1. The minimum absolute atomic E-state index is 0.0986. The topological polar surface area (TPSA) is 29.3 Å². The van der Waals surface area contributed by atoms with Gasteiger partial charge in [-0.05, 0) is 55.3 Å². The Hall–Kier alpha value is -3.14. The molecular weight excluding hydrogens is 325 g/mol. The molecule has 0 spiro atoms. The summed E-state index contributed by atoms with van der Waals surface area (Å²) >= 11 is 0. The van der Waals surface area contributed by atoms with E-state index in [-0.39, 0.29) is 11.9 Å². The fraction of sp³-hybridized carbons (Fsp3) is 0.136. The molecular formula is C22H20FN3. The van der Waals surface area contributed by atoms with Gasteiger partial charge in [0.1, 0.15) is 11.5 Å². The Morgan fingerprint density at radius 3 is 2.38 bits per heavy atom. The van der Waals surface area contributed by atoms with E-state index in [2.05, 4.69) is 34.8 Å². The Bertz CT molecular complexity index is 1040. The molecule has 1 atom stereocenters. The molecule has 2 aromatic carbocycles. The Morgan fingerprint density at radius 1 is 0.923 bits per heavy atom. The van der Waals surface area contributed by atoms with Gasteiger partial charge in [-0.3, -0.25) is 0 Å². The molecule has 0 radical (unpaired) electrons. The van der Waals surface area contributed by atoms with E-state index in [0.29, 0.717) is 0 Å². The predicted molar refractivity (Wildman–Crippen MR) is 103 cm³/mol. The van der Waals surface area contributed by atoms with Crippen LogP contribution in [0.1, 0.15) is 28.6 Å². The SMILES string of the molecule is Cc1nc2c(C)cccn2c1C(Nc1ccc(F)cc1)c1ccccc1. The van der Waals surface area contributed by atoms with Gasteiger partial charge < -0.3 is 9.72 Å². The molecule has 0 bridgehead atoms. The molecule has 0 fully saturated rings. The van der Waals surface area contributed by atoms with Gasteiger partial charge in [0, 0.05) is 11.9 Å². The molecule has 0 saturated heterocycles. The average molecular weight is 345 g/mol. The third-order valence-electron chi connectivity index (χ3n) is 4.63. The Balaban J connectivity index is 1.87. The van der Waals surface area contributed by atoms with Crippen LogP contribution in [0.5, 0.6) is 0 Å². The lowest BCUT2D eigenvalue weighted by Gasteiger charge is -2.21. The molecule has 0 saturated carbocycles. The normalized spacial score (nSPS) is 12.3. The molecule has 4 heteroatoms. The van der Waals surface area contributed by atoms with E-state index in [9.17, 15) is 4.39 Å². The zero-order chi connectivity index (χ0) is 18.1. The highest BCUT2D eigenvalue weighted by atomic mass is 19.1. The fourth-order valence-electron chi connectivity index (χ4n) is 3.35. The number of hydrogen-bond acceptors (Lipinski definition) is 2. The van der Waals surface area contributed by atoms with E-state index < -0.39 is 0 Å². The summed E-state index contributed by atoms with van der Waals surface area (Å²) in [5.74, 6) is -0.242. The lowest BCUT2D eigenvalue weighted by molar-refractivity contribution is 0.628. The molecule has 0 aliphatic rings. The largest absolute Gasteiger partial charge is 0.373 e. The van der Waals surface area contributed by atoms with Crippen molar-refractivity contribution in [3.05, 3.63) is 101 Å². The molecule has 26 heavy (non-hydrogen) atoms. The van der Waals surface area contributed by atoms with E-state index in [1.165, 1.54) is 12.1 Å². The van der Waals surface area contributed by atoms with Crippen molar-refractivity contribution in [2.45, 2.75) is 19.9 Å². The van der Waals surface area contributed by atoms with Crippen LogP contribution in [0.4, 0.5) is 10.1 Å². The summed E-state index contributed by atoms with van der Waals surface area (Å²) in [6.45, 7) is 4.10. The second kappa shape index (κ2) is 6.64. The predicted octanol–water partition coefficient (Wildman–Crippen LogP) is 5.29. The maximum Gasteiger partial charge on any atom is 0.140 e. The number of nitrogens with one attached hydrogen (secondary N) is 1. The fourth-order valence-corrected chi connectivity index (χ4v) is 3.35. The third kappa shape index (κ3) is 2.94. The summed E-state index contributed by atoms with van der Waals surface area (Å²) in [7, 11) is 0. The first kappa shape index (κ1) is 16.3. The highest BCUT2D eigenvalue weighted by molar-refractivity contribution is 5.55. The molecule has 4 rings (SSSR count). The molecule has 3 nitrogen and oxygen atoms in total. The monoisotopic (exact) mass is 345 g/mol. The minimum Gasteiger partial charge on any atom is -0.373 e. The second-order valence-electron chi connectivity index (χ2n) is 6.46. The molecule has 2 heterocycles. The molecule has 1 N–H and O–H groups in total. The summed E-state index contributed by atoms with van der Waals surface area (Å²) in [5, 5.41) is 3.55. The van der Waals surface area contributed by atoms with Gasteiger partial charge in [-0.2, -0.15) is 0 Å². The number of pyridine rings is 1. The first-order valence-electron chi connectivity index (χ1n) is 8.65. The molecule has 0 aliphatic carbocycles. The molecule has 0 amide bonds. The van der Waals surface area contributed by atoms with Gasteiger partial charge in [-0.1, -0.05) is 36.4 Å². The average Bonchev–Trinajstić information content (AvgIpc) is 2.99. The number of aromatic nitrogens is 2. The minimum atomic E-state index is -0.242. The number of fused-ring (bicyclic) bond motifs is 1. The number of nitrogens with zero attached hydrogens (tertiary/aromatic N) is 2. The number of aryl methyl sites for hydroxylation is 2. The van der Waals surface area contributed by atoms with Gasteiger partial charge in [-0.15, -0.1) is 0 Å². The number of hydrogen-bond donors (Lipinski definition) is 1. The summed E-state index contributed by atoms with van der Waals surface area (Å²) in [6.07, 6.45) is 2.04. The van der Waals surface area contributed by atoms with E-state index in [0.717, 1.165) is 33.8 Å². The summed E-state index contributed by atoms with van der Waals surface area (Å²) in [6, 6.07) is 20.7. The third-order valence-corrected chi connectivity index (χ3v) is 4.63. The molecule has 0 aliphatic heterocycles. The van der Waals surface area contributed by atoms with Crippen LogP contribution in [0.15, 0.2) is 72.9 Å². The lowest BCUT2D eigenvalue weighted by atomic mass is 10.0. The van der Waals surface area contributed by atoms with Crippen molar-refractivity contribution in [1.29, 1.82) is 0 Å². The zero-order valence-electron chi connectivity index (χ0n) is 14.8. The van der Waals surface area contributed by atoms with Crippen molar-refractivity contribution in [3.63, 3.8) is 0 Å². The van der Waals surface area contributed by atoms with Crippen molar-refractivity contribution in [2.24, 2.45) is 0 Å². The number of benzene rings is 2. The highest BCUT2D eigenvalue weighted by Crippen LogP contribution is 2.30. The van der Waals surface area contributed by atoms with Crippen molar-refractivity contribution < 1.29 is 4.39 Å². The smallest absolute Gasteiger partial charge is 0.140 e. The van der Waals surface area contributed by atoms with Crippen LogP contribution in [0, 0.1) is 19.7 Å². The maximum atomic E-state index is 13.3. The van der Waals surface area contributed by atoms with Crippen molar-refractivity contribution in [1.82, 2.24) is 9.38 Å². The van der Waals surface area contributed by atoms with Crippen LogP contribution in [0.2, 0.25) is 0 Å². The van der Waals surface area contributed by atoms with Gasteiger partial charge in [0.05, 0.1) is 17.4 Å². The van der Waals surface area contributed by atoms with E-state index in [4.69, 9.17) is 4.98 Å². The van der Waals surface area contributed by atoms with Crippen LogP contribution in [0.3, 0.4) is 0 Å². The van der Waals surface area contributed by atoms with Gasteiger partial charge in [-0.25, -0.2) is 9.37 Å². The quantitative estimate of drug-likeness (QED) is 0.544. The first-order valence-corrected chi connectivity index (χ1v) is 8.65. The van der Waals surface area contributed by atoms with Crippen LogP contribution >= 0.6 is 0 Å². The maximum absolute atomic E-state index is 13.3. The van der Waals surface area contributed by atoms with Gasteiger partial charge >= 0.3 is 0 Å². The molecule has 4 aromatic rings. The van der Waals surface area contributed by atoms with Gasteiger partial charge in [0.2, 0.25) is 0 Å². The Morgan fingerprint density at radius 2 is 1.65 bits per heavy atom.